The summed E-state index contributed by atoms with van der Waals surface area (Å²) >= 11 is 5.72. The Kier molecular flexibility index (Phi) is 6.63. The van der Waals surface area contributed by atoms with E-state index in [2.05, 4.69) is 10.5 Å². The van der Waals surface area contributed by atoms with Gasteiger partial charge in [0.2, 0.25) is 0 Å². The van der Waals surface area contributed by atoms with E-state index in [9.17, 15) is 19.7 Å². The molecule has 3 aromatic rings. The SMILES string of the molecule is O=C(COc1ccc(Cl)cc1[N+](=O)[O-])N/N=C\c1ccc(-c2cccc(C(=O)O)c2)o1. The Bertz CT molecular complexity index is 1170. The lowest BCUT2D eigenvalue weighted by molar-refractivity contribution is -0.385. The molecule has 31 heavy (non-hydrogen) atoms. The number of halogens is 1. The van der Waals surface area contributed by atoms with Gasteiger partial charge in [-0.2, -0.15) is 5.10 Å². The van der Waals surface area contributed by atoms with Crippen molar-refractivity contribution in [1.82, 2.24) is 5.43 Å². The van der Waals surface area contributed by atoms with E-state index in [1.165, 1.54) is 30.5 Å². The largest absolute Gasteiger partial charge is 0.478 e. The van der Waals surface area contributed by atoms with Gasteiger partial charge < -0.3 is 14.3 Å². The molecule has 0 fully saturated rings. The molecule has 1 amide bonds. The third-order valence-electron chi connectivity index (χ3n) is 3.88. The number of ether oxygens (including phenoxy) is 1. The molecule has 0 saturated carbocycles. The first-order chi connectivity index (χ1) is 14.8. The van der Waals surface area contributed by atoms with Crippen LogP contribution in [0.3, 0.4) is 0 Å². The van der Waals surface area contributed by atoms with E-state index < -0.39 is 23.4 Å². The van der Waals surface area contributed by atoms with E-state index in [0.29, 0.717) is 17.1 Å². The highest BCUT2D eigenvalue weighted by Crippen LogP contribution is 2.29. The number of furan rings is 1. The highest BCUT2D eigenvalue weighted by atomic mass is 35.5. The zero-order valence-electron chi connectivity index (χ0n) is 15.6. The third kappa shape index (κ3) is 5.67. The molecule has 11 heteroatoms. The Morgan fingerprint density at radius 3 is 2.77 bits per heavy atom. The van der Waals surface area contributed by atoms with Crippen molar-refractivity contribution < 1.29 is 28.8 Å². The highest BCUT2D eigenvalue weighted by Gasteiger charge is 2.16. The Morgan fingerprint density at radius 1 is 1.23 bits per heavy atom. The van der Waals surface area contributed by atoms with Crippen LogP contribution in [0.1, 0.15) is 16.1 Å². The smallest absolute Gasteiger partial charge is 0.335 e. The normalized spacial score (nSPS) is 10.7. The molecule has 0 saturated heterocycles. The van der Waals surface area contributed by atoms with Crippen molar-refractivity contribution in [3.05, 3.63) is 81.1 Å². The summed E-state index contributed by atoms with van der Waals surface area (Å²) in [7, 11) is 0. The monoisotopic (exact) mass is 443 g/mol. The van der Waals surface area contributed by atoms with Gasteiger partial charge in [0.15, 0.2) is 12.4 Å². The molecule has 0 unspecified atom stereocenters. The molecule has 0 atom stereocenters. The third-order valence-corrected chi connectivity index (χ3v) is 4.11. The standard InChI is InChI=1S/C20H14ClN3O7/c21-14-4-6-18(16(9-14)24(28)29)30-11-19(25)23-22-10-15-5-7-17(31-15)12-2-1-3-13(8-12)20(26)27/h1-10H,11H2,(H,23,25)(H,26,27)/b22-10-. The van der Waals surface area contributed by atoms with E-state index in [0.717, 1.165) is 6.07 Å². The van der Waals surface area contributed by atoms with E-state index in [-0.39, 0.29) is 22.0 Å². The number of nitrogens with zero attached hydrogens (tertiary/aromatic N) is 2. The zero-order chi connectivity index (χ0) is 22.4. The van der Waals surface area contributed by atoms with Crippen molar-refractivity contribution in [2.45, 2.75) is 0 Å². The van der Waals surface area contributed by atoms with E-state index in [1.54, 1.807) is 24.3 Å². The number of carbonyl (C=O) groups is 2. The second-order valence-electron chi connectivity index (χ2n) is 6.04. The molecule has 10 nitrogen and oxygen atoms in total. The average Bonchev–Trinajstić information content (AvgIpc) is 3.21. The minimum absolute atomic E-state index is 0.104. The van der Waals surface area contributed by atoms with Crippen molar-refractivity contribution in [3.8, 4) is 17.1 Å². The Balaban J connectivity index is 1.57. The number of aromatic carboxylic acids is 1. The molecule has 3 rings (SSSR count). The van der Waals surface area contributed by atoms with Crippen molar-refractivity contribution in [1.29, 1.82) is 0 Å². The highest BCUT2D eigenvalue weighted by molar-refractivity contribution is 6.30. The zero-order valence-corrected chi connectivity index (χ0v) is 16.4. The molecule has 1 heterocycles. The van der Waals surface area contributed by atoms with Crippen LogP contribution in [0.4, 0.5) is 5.69 Å². The molecule has 0 radical (unpaired) electrons. The van der Waals surface area contributed by atoms with Gasteiger partial charge >= 0.3 is 11.7 Å². The number of carbonyl (C=O) groups excluding carboxylic acids is 1. The lowest BCUT2D eigenvalue weighted by Crippen LogP contribution is -2.24. The second-order valence-corrected chi connectivity index (χ2v) is 6.48. The molecular weight excluding hydrogens is 430 g/mol. The predicted octanol–water partition coefficient (Wildman–Crippen LogP) is 3.74. The number of benzene rings is 2. The van der Waals surface area contributed by atoms with Gasteiger partial charge in [0.25, 0.3) is 5.91 Å². The summed E-state index contributed by atoms with van der Waals surface area (Å²) < 4.78 is 10.7. The fourth-order valence-electron chi connectivity index (χ4n) is 2.48. The van der Waals surface area contributed by atoms with Crippen LogP contribution in [0.2, 0.25) is 5.02 Å². The fraction of sp³-hybridized carbons (Fsp3) is 0.0500. The number of carboxylic acid groups (broad SMARTS) is 1. The van der Waals surface area contributed by atoms with E-state index >= 15 is 0 Å². The summed E-state index contributed by atoms with van der Waals surface area (Å²) in [5.74, 6) is -1.07. The number of hydrazone groups is 1. The van der Waals surface area contributed by atoms with Gasteiger partial charge in [0.1, 0.15) is 11.5 Å². The topological polar surface area (TPSA) is 144 Å². The molecule has 0 aliphatic carbocycles. The Hall–Kier alpha value is -4.18. The maximum Gasteiger partial charge on any atom is 0.335 e. The first-order valence-electron chi connectivity index (χ1n) is 8.65. The summed E-state index contributed by atoms with van der Waals surface area (Å²) in [6.07, 6.45) is 1.24. The summed E-state index contributed by atoms with van der Waals surface area (Å²) in [6.45, 7) is -0.509. The Morgan fingerprint density at radius 2 is 2.03 bits per heavy atom. The summed E-state index contributed by atoms with van der Waals surface area (Å²) in [5.41, 5.74) is 2.54. The maximum absolute atomic E-state index is 11.9. The maximum atomic E-state index is 11.9. The van der Waals surface area contributed by atoms with E-state index in [1.807, 2.05) is 0 Å². The van der Waals surface area contributed by atoms with Gasteiger partial charge in [0, 0.05) is 16.7 Å². The number of nitro groups is 1. The van der Waals surface area contributed by atoms with Gasteiger partial charge in [-0.25, -0.2) is 10.2 Å². The number of rotatable bonds is 8. The van der Waals surface area contributed by atoms with Gasteiger partial charge in [-0.3, -0.25) is 14.9 Å². The molecule has 2 aromatic carbocycles. The second kappa shape index (κ2) is 9.55. The lowest BCUT2D eigenvalue weighted by Gasteiger charge is -2.05. The molecule has 158 valence electrons. The number of carboxylic acids is 1. The number of nitrogens with one attached hydrogen (secondary N) is 1. The van der Waals surface area contributed by atoms with Crippen LogP contribution in [-0.2, 0) is 4.79 Å². The van der Waals surface area contributed by atoms with Gasteiger partial charge in [-0.05, 0) is 36.4 Å². The first kappa shape index (κ1) is 21.5. The fourth-order valence-corrected chi connectivity index (χ4v) is 2.65. The predicted molar refractivity (Wildman–Crippen MR) is 110 cm³/mol. The van der Waals surface area contributed by atoms with Crippen LogP contribution < -0.4 is 10.2 Å². The molecule has 0 spiro atoms. The molecule has 0 aliphatic rings. The summed E-state index contributed by atoms with van der Waals surface area (Å²) in [6, 6.07) is 13.3. The lowest BCUT2D eigenvalue weighted by atomic mass is 10.1. The molecular formula is C20H14ClN3O7. The van der Waals surface area contributed by atoms with Crippen LogP contribution in [0, 0.1) is 10.1 Å². The number of amides is 1. The molecule has 0 bridgehead atoms. The van der Waals surface area contributed by atoms with Crippen molar-refractivity contribution in [2.75, 3.05) is 6.61 Å². The van der Waals surface area contributed by atoms with Crippen LogP contribution >= 0.6 is 11.6 Å². The van der Waals surface area contributed by atoms with Crippen molar-refractivity contribution in [2.24, 2.45) is 5.10 Å². The molecule has 2 N–H and O–H groups in total. The quantitative estimate of drug-likeness (QED) is 0.306. The van der Waals surface area contributed by atoms with Crippen molar-refractivity contribution in [3.63, 3.8) is 0 Å². The van der Waals surface area contributed by atoms with Crippen LogP contribution in [-0.4, -0.2) is 34.7 Å². The summed E-state index contributed by atoms with van der Waals surface area (Å²) in [5, 5.41) is 24.0. The van der Waals surface area contributed by atoms with Crippen molar-refractivity contribution >= 4 is 35.4 Å². The number of hydrogen-bond acceptors (Lipinski definition) is 7. The Labute approximate surface area is 179 Å². The van der Waals surface area contributed by atoms with Crippen LogP contribution in [0.15, 0.2) is 64.1 Å². The minimum atomic E-state index is -1.05. The van der Waals surface area contributed by atoms with Crippen LogP contribution in [0.5, 0.6) is 5.75 Å². The molecule has 0 aliphatic heterocycles. The van der Waals surface area contributed by atoms with Gasteiger partial charge in [-0.1, -0.05) is 23.7 Å². The molecule has 1 aromatic heterocycles. The van der Waals surface area contributed by atoms with Crippen LogP contribution in [0.25, 0.3) is 11.3 Å². The average molecular weight is 444 g/mol. The van der Waals surface area contributed by atoms with Gasteiger partial charge in [-0.15, -0.1) is 0 Å². The summed E-state index contributed by atoms with van der Waals surface area (Å²) in [4.78, 5) is 33.3. The van der Waals surface area contributed by atoms with E-state index in [4.69, 9.17) is 25.9 Å². The van der Waals surface area contributed by atoms with Gasteiger partial charge in [0.05, 0.1) is 16.7 Å². The number of nitro benzene ring substituents is 1. The number of hydrogen-bond donors (Lipinski definition) is 2. The minimum Gasteiger partial charge on any atom is -0.478 e. The first-order valence-corrected chi connectivity index (χ1v) is 9.03.